The third-order valence-corrected chi connectivity index (χ3v) is 2.79. The standard InChI is InChI=1S/C14H12N2O5/c1-8-3-6-12(9(2)7-8)21-13-11(16(19)20)5-4-10(15-13)14(17)18/h3-7H,1-2H3,(H,17,18). The van der Waals surface area contributed by atoms with Gasteiger partial charge in [-0.25, -0.2) is 4.79 Å². The molecule has 1 heterocycles. The van der Waals surface area contributed by atoms with Crippen molar-refractivity contribution >= 4 is 11.7 Å². The minimum absolute atomic E-state index is 0.319. The van der Waals surface area contributed by atoms with Gasteiger partial charge in [0.25, 0.3) is 5.88 Å². The Hall–Kier alpha value is -2.96. The molecule has 2 aromatic rings. The Labute approximate surface area is 120 Å². The Morgan fingerprint density at radius 1 is 1.29 bits per heavy atom. The van der Waals surface area contributed by atoms with Crippen LogP contribution in [-0.2, 0) is 0 Å². The second-order valence-corrected chi connectivity index (χ2v) is 4.45. The smallest absolute Gasteiger partial charge is 0.354 e. The fourth-order valence-corrected chi connectivity index (χ4v) is 1.78. The molecule has 0 atom stereocenters. The molecule has 0 saturated carbocycles. The summed E-state index contributed by atoms with van der Waals surface area (Å²) in [5.74, 6) is -1.24. The number of rotatable bonds is 4. The summed E-state index contributed by atoms with van der Waals surface area (Å²) in [5, 5.41) is 19.9. The normalized spacial score (nSPS) is 10.2. The van der Waals surface area contributed by atoms with Gasteiger partial charge >= 0.3 is 11.7 Å². The zero-order valence-corrected chi connectivity index (χ0v) is 11.4. The van der Waals surface area contributed by atoms with E-state index in [9.17, 15) is 14.9 Å². The number of carboxylic acid groups (broad SMARTS) is 1. The van der Waals surface area contributed by atoms with Gasteiger partial charge < -0.3 is 9.84 Å². The van der Waals surface area contributed by atoms with Gasteiger partial charge in [0, 0.05) is 6.07 Å². The maximum atomic E-state index is 11.0. The van der Waals surface area contributed by atoms with Crippen LogP contribution in [0.4, 0.5) is 5.69 Å². The minimum atomic E-state index is -1.28. The van der Waals surface area contributed by atoms with E-state index < -0.39 is 10.9 Å². The maximum absolute atomic E-state index is 11.0. The highest BCUT2D eigenvalue weighted by molar-refractivity contribution is 5.85. The molecule has 0 bridgehead atoms. The number of aromatic carboxylic acids is 1. The maximum Gasteiger partial charge on any atom is 0.354 e. The van der Waals surface area contributed by atoms with Crippen molar-refractivity contribution in [3.63, 3.8) is 0 Å². The number of pyridine rings is 1. The summed E-state index contributed by atoms with van der Waals surface area (Å²) in [7, 11) is 0. The lowest BCUT2D eigenvalue weighted by Crippen LogP contribution is -2.04. The molecule has 0 saturated heterocycles. The molecule has 1 aromatic carbocycles. The molecular weight excluding hydrogens is 276 g/mol. The van der Waals surface area contributed by atoms with Crippen LogP contribution < -0.4 is 4.74 Å². The van der Waals surface area contributed by atoms with Gasteiger partial charge in [-0.2, -0.15) is 4.98 Å². The first-order valence-electron chi connectivity index (χ1n) is 6.02. The highest BCUT2D eigenvalue weighted by Crippen LogP contribution is 2.31. The van der Waals surface area contributed by atoms with E-state index in [1.54, 1.807) is 19.1 Å². The number of hydrogen-bond acceptors (Lipinski definition) is 5. The summed E-state index contributed by atoms with van der Waals surface area (Å²) in [5.41, 5.74) is 1.08. The van der Waals surface area contributed by atoms with E-state index in [0.717, 1.165) is 23.3 Å². The van der Waals surface area contributed by atoms with Gasteiger partial charge in [0.1, 0.15) is 5.75 Å². The molecule has 21 heavy (non-hydrogen) atoms. The molecule has 2 rings (SSSR count). The van der Waals surface area contributed by atoms with E-state index in [1.807, 2.05) is 13.0 Å². The number of ether oxygens (including phenoxy) is 1. The zero-order valence-electron chi connectivity index (χ0n) is 11.4. The van der Waals surface area contributed by atoms with Crippen molar-refractivity contribution in [3.05, 3.63) is 57.3 Å². The average Bonchev–Trinajstić information content (AvgIpc) is 2.41. The molecule has 0 aliphatic heterocycles. The lowest BCUT2D eigenvalue weighted by Gasteiger charge is -2.09. The number of aryl methyl sites for hydroxylation is 2. The molecule has 0 unspecified atom stereocenters. The number of carbonyl (C=O) groups is 1. The zero-order chi connectivity index (χ0) is 15.6. The predicted octanol–water partition coefficient (Wildman–Crippen LogP) is 3.10. The molecule has 108 valence electrons. The van der Waals surface area contributed by atoms with E-state index >= 15 is 0 Å². The third-order valence-electron chi connectivity index (χ3n) is 2.79. The van der Waals surface area contributed by atoms with Gasteiger partial charge in [-0.1, -0.05) is 17.7 Å². The van der Waals surface area contributed by atoms with Gasteiger partial charge in [0.15, 0.2) is 5.69 Å². The van der Waals surface area contributed by atoms with Crippen molar-refractivity contribution in [1.29, 1.82) is 0 Å². The van der Waals surface area contributed by atoms with Crippen LogP contribution >= 0.6 is 0 Å². The number of carboxylic acids is 1. The second kappa shape index (κ2) is 5.58. The number of benzene rings is 1. The molecular formula is C14H12N2O5. The summed E-state index contributed by atoms with van der Waals surface area (Å²) < 4.78 is 5.43. The topological polar surface area (TPSA) is 103 Å². The van der Waals surface area contributed by atoms with Crippen LogP contribution in [0.3, 0.4) is 0 Å². The fraction of sp³-hybridized carbons (Fsp3) is 0.143. The Kier molecular flexibility index (Phi) is 3.84. The Morgan fingerprint density at radius 2 is 2.00 bits per heavy atom. The van der Waals surface area contributed by atoms with E-state index in [2.05, 4.69) is 4.98 Å². The largest absolute Gasteiger partial charge is 0.477 e. The Bertz CT molecular complexity index is 727. The summed E-state index contributed by atoms with van der Waals surface area (Å²) >= 11 is 0. The summed E-state index contributed by atoms with van der Waals surface area (Å²) in [6.07, 6.45) is 0. The molecule has 1 N–H and O–H groups in total. The van der Waals surface area contributed by atoms with E-state index in [-0.39, 0.29) is 17.3 Å². The molecule has 7 nitrogen and oxygen atoms in total. The summed E-state index contributed by atoms with van der Waals surface area (Å²) in [4.78, 5) is 24.9. The van der Waals surface area contributed by atoms with Gasteiger partial charge in [0.2, 0.25) is 0 Å². The molecule has 0 amide bonds. The lowest BCUT2D eigenvalue weighted by atomic mass is 10.1. The van der Waals surface area contributed by atoms with Gasteiger partial charge in [-0.05, 0) is 31.5 Å². The Morgan fingerprint density at radius 3 is 2.57 bits per heavy atom. The highest BCUT2D eigenvalue weighted by atomic mass is 16.6. The number of nitro groups is 1. The summed E-state index contributed by atoms with van der Waals surface area (Å²) in [6.45, 7) is 3.69. The molecule has 7 heteroatoms. The third kappa shape index (κ3) is 3.14. The van der Waals surface area contributed by atoms with Crippen molar-refractivity contribution in [2.24, 2.45) is 0 Å². The SMILES string of the molecule is Cc1ccc(Oc2nc(C(=O)O)ccc2[N+](=O)[O-])c(C)c1. The first-order valence-corrected chi connectivity index (χ1v) is 6.02. The second-order valence-electron chi connectivity index (χ2n) is 4.45. The minimum Gasteiger partial charge on any atom is -0.477 e. The van der Waals surface area contributed by atoms with Crippen molar-refractivity contribution in [2.45, 2.75) is 13.8 Å². The van der Waals surface area contributed by atoms with E-state index in [1.165, 1.54) is 0 Å². The van der Waals surface area contributed by atoms with Crippen LogP contribution in [0.5, 0.6) is 11.6 Å². The van der Waals surface area contributed by atoms with Crippen LogP contribution in [0.1, 0.15) is 21.6 Å². The van der Waals surface area contributed by atoms with Crippen LogP contribution in [0.2, 0.25) is 0 Å². The van der Waals surface area contributed by atoms with Crippen molar-refractivity contribution in [2.75, 3.05) is 0 Å². The molecule has 0 fully saturated rings. The van der Waals surface area contributed by atoms with Crippen molar-refractivity contribution < 1.29 is 19.6 Å². The summed E-state index contributed by atoms with van der Waals surface area (Å²) in [6, 6.07) is 7.42. The number of aromatic nitrogens is 1. The quantitative estimate of drug-likeness (QED) is 0.685. The lowest BCUT2D eigenvalue weighted by molar-refractivity contribution is -0.386. The van der Waals surface area contributed by atoms with Gasteiger partial charge in [-0.3, -0.25) is 10.1 Å². The molecule has 0 aliphatic carbocycles. The van der Waals surface area contributed by atoms with Crippen LogP contribution in [-0.4, -0.2) is 21.0 Å². The number of hydrogen-bond donors (Lipinski definition) is 1. The van der Waals surface area contributed by atoms with Crippen LogP contribution in [0, 0.1) is 24.0 Å². The first-order chi connectivity index (χ1) is 9.88. The van der Waals surface area contributed by atoms with Crippen molar-refractivity contribution in [3.8, 4) is 11.6 Å². The van der Waals surface area contributed by atoms with Crippen LogP contribution in [0.15, 0.2) is 30.3 Å². The van der Waals surface area contributed by atoms with Crippen LogP contribution in [0.25, 0.3) is 0 Å². The molecule has 0 radical (unpaired) electrons. The number of nitrogens with zero attached hydrogens (tertiary/aromatic N) is 2. The molecule has 0 aliphatic rings. The Balaban J connectivity index is 2.48. The fourth-order valence-electron chi connectivity index (χ4n) is 1.78. The molecule has 0 spiro atoms. The van der Waals surface area contributed by atoms with E-state index in [0.29, 0.717) is 5.75 Å². The van der Waals surface area contributed by atoms with E-state index in [4.69, 9.17) is 9.84 Å². The predicted molar refractivity (Wildman–Crippen MR) is 73.8 cm³/mol. The average molecular weight is 288 g/mol. The first kappa shape index (κ1) is 14.4. The van der Waals surface area contributed by atoms with Gasteiger partial charge in [0.05, 0.1) is 4.92 Å². The van der Waals surface area contributed by atoms with Gasteiger partial charge in [-0.15, -0.1) is 0 Å². The highest BCUT2D eigenvalue weighted by Gasteiger charge is 2.21. The monoisotopic (exact) mass is 288 g/mol. The van der Waals surface area contributed by atoms with Crippen molar-refractivity contribution in [1.82, 2.24) is 4.98 Å². The molecule has 1 aromatic heterocycles.